The molecule has 2 rings (SSSR count). The van der Waals surface area contributed by atoms with Crippen LogP contribution in [0.2, 0.25) is 0 Å². The summed E-state index contributed by atoms with van der Waals surface area (Å²) in [6.07, 6.45) is 0. The summed E-state index contributed by atoms with van der Waals surface area (Å²) in [4.78, 5) is 19.0. The number of benzene rings is 1. The zero-order valence-corrected chi connectivity index (χ0v) is 10.7. The van der Waals surface area contributed by atoms with Gasteiger partial charge in [0.2, 0.25) is 5.88 Å². The van der Waals surface area contributed by atoms with Gasteiger partial charge in [-0.2, -0.15) is 4.98 Å². The predicted molar refractivity (Wildman–Crippen MR) is 68.4 cm³/mol. The summed E-state index contributed by atoms with van der Waals surface area (Å²) in [5, 5.41) is 9.70. The molecule has 0 unspecified atom stereocenters. The Balaban J connectivity index is 2.43. The van der Waals surface area contributed by atoms with E-state index in [1.165, 1.54) is 0 Å². The Kier molecular flexibility index (Phi) is 3.57. The second-order valence-electron chi connectivity index (χ2n) is 3.56. The van der Waals surface area contributed by atoms with Crippen molar-refractivity contribution in [2.45, 2.75) is 16.7 Å². The van der Waals surface area contributed by atoms with Crippen LogP contribution in [0.3, 0.4) is 0 Å². The molecule has 1 aromatic heterocycles. The van der Waals surface area contributed by atoms with Crippen LogP contribution in [0.5, 0.6) is 11.6 Å². The van der Waals surface area contributed by atoms with Crippen LogP contribution in [-0.2, 0) is 0 Å². The number of aromatic nitrogens is 2. The van der Waals surface area contributed by atoms with Crippen LogP contribution < -0.4 is 10.3 Å². The van der Waals surface area contributed by atoms with Crippen molar-refractivity contribution in [2.24, 2.45) is 0 Å². The van der Waals surface area contributed by atoms with Crippen molar-refractivity contribution < 1.29 is 9.84 Å². The second-order valence-corrected chi connectivity index (χ2v) is 4.61. The average Bonchev–Trinajstić information content (AvgIpc) is 2.34. The Hall–Kier alpha value is -1.95. The van der Waals surface area contributed by atoms with E-state index < -0.39 is 0 Å². The number of aryl methyl sites for hydroxylation is 1. The number of methoxy groups -OCH3 is 1. The van der Waals surface area contributed by atoms with E-state index in [4.69, 9.17) is 4.74 Å². The highest BCUT2D eigenvalue weighted by atomic mass is 32.2. The van der Waals surface area contributed by atoms with Gasteiger partial charge in [-0.1, -0.05) is 23.9 Å². The van der Waals surface area contributed by atoms with Gasteiger partial charge in [-0.25, -0.2) is 0 Å². The number of nitrogens with one attached hydrogen (secondary N) is 1. The Morgan fingerprint density at radius 2 is 2.11 bits per heavy atom. The first-order valence-corrected chi connectivity index (χ1v) is 6.04. The molecule has 2 aromatic rings. The highest BCUT2D eigenvalue weighted by molar-refractivity contribution is 7.99. The molecule has 5 nitrogen and oxygen atoms in total. The number of hydrogen-bond acceptors (Lipinski definition) is 5. The summed E-state index contributed by atoms with van der Waals surface area (Å²) in [6, 6.07) is 7.26. The maximum absolute atomic E-state index is 11.7. The molecule has 0 saturated carbocycles. The minimum absolute atomic E-state index is 0.158. The lowest BCUT2D eigenvalue weighted by atomic mass is 10.3. The molecule has 18 heavy (non-hydrogen) atoms. The molecule has 0 atom stereocenters. The Labute approximate surface area is 108 Å². The maximum atomic E-state index is 11.7. The Morgan fingerprint density at radius 1 is 1.39 bits per heavy atom. The molecule has 2 N–H and O–H groups in total. The summed E-state index contributed by atoms with van der Waals surface area (Å²) in [7, 11) is 1.55. The van der Waals surface area contributed by atoms with Crippen LogP contribution in [-0.4, -0.2) is 22.2 Å². The smallest absolute Gasteiger partial charge is 0.268 e. The van der Waals surface area contributed by atoms with E-state index in [-0.39, 0.29) is 16.3 Å². The maximum Gasteiger partial charge on any atom is 0.268 e. The highest BCUT2D eigenvalue weighted by Gasteiger charge is 2.13. The van der Waals surface area contributed by atoms with Crippen LogP contribution in [0.15, 0.2) is 38.9 Å². The molecule has 0 amide bonds. The number of aromatic hydroxyl groups is 1. The molecule has 0 aliphatic carbocycles. The topological polar surface area (TPSA) is 75.2 Å². The fourth-order valence-electron chi connectivity index (χ4n) is 1.47. The first kappa shape index (κ1) is 12.5. The highest BCUT2D eigenvalue weighted by Crippen LogP contribution is 2.35. The molecule has 0 spiro atoms. The van der Waals surface area contributed by atoms with Crippen molar-refractivity contribution in [3.63, 3.8) is 0 Å². The van der Waals surface area contributed by atoms with E-state index in [0.29, 0.717) is 11.6 Å². The molecule has 1 heterocycles. The summed E-state index contributed by atoms with van der Waals surface area (Å²) in [5.41, 5.74) is -0.365. The van der Waals surface area contributed by atoms with Crippen molar-refractivity contribution in [1.82, 2.24) is 9.97 Å². The van der Waals surface area contributed by atoms with Gasteiger partial charge in [0.05, 0.1) is 12.0 Å². The molecule has 0 saturated heterocycles. The molecule has 0 aliphatic heterocycles. The van der Waals surface area contributed by atoms with Crippen LogP contribution in [0, 0.1) is 6.92 Å². The molecular formula is C12H12N2O3S. The molecular weight excluding hydrogens is 252 g/mol. The molecule has 6 heteroatoms. The molecule has 0 fully saturated rings. The van der Waals surface area contributed by atoms with E-state index in [9.17, 15) is 9.90 Å². The number of rotatable bonds is 3. The number of nitrogens with zero attached hydrogens (tertiary/aromatic N) is 1. The van der Waals surface area contributed by atoms with Gasteiger partial charge in [0, 0.05) is 0 Å². The van der Waals surface area contributed by atoms with Gasteiger partial charge in [0.25, 0.3) is 5.56 Å². The molecule has 1 aromatic carbocycles. The van der Waals surface area contributed by atoms with Crippen molar-refractivity contribution in [3.8, 4) is 11.6 Å². The van der Waals surface area contributed by atoms with Gasteiger partial charge in [-0.15, -0.1) is 0 Å². The van der Waals surface area contributed by atoms with Crippen molar-refractivity contribution in [2.75, 3.05) is 7.11 Å². The monoisotopic (exact) mass is 264 g/mol. The minimum Gasteiger partial charge on any atom is -0.496 e. The number of H-pyrrole nitrogens is 1. The molecule has 0 aliphatic rings. The molecule has 0 radical (unpaired) electrons. The number of ether oxygens (including phenoxy) is 1. The van der Waals surface area contributed by atoms with Crippen LogP contribution in [0.25, 0.3) is 0 Å². The number of aromatic amines is 1. The quantitative estimate of drug-likeness (QED) is 0.886. The first-order chi connectivity index (χ1) is 8.61. The van der Waals surface area contributed by atoms with Crippen molar-refractivity contribution in [3.05, 3.63) is 40.4 Å². The number of para-hydroxylation sites is 1. The number of hydrogen-bond donors (Lipinski definition) is 2. The Morgan fingerprint density at radius 3 is 2.78 bits per heavy atom. The second kappa shape index (κ2) is 5.14. The first-order valence-electron chi connectivity index (χ1n) is 5.22. The third kappa shape index (κ3) is 2.48. The van der Waals surface area contributed by atoms with Crippen molar-refractivity contribution >= 4 is 11.8 Å². The fourth-order valence-corrected chi connectivity index (χ4v) is 2.36. The minimum atomic E-state index is -0.365. The van der Waals surface area contributed by atoms with Crippen LogP contribution in [0.1, 0.15) is 5.82 Å². The van der Waals surface area contributed by atoms with Gasteiger partial charge >= 0.3 is 0 Å². The molecule has 94 valence electrons. The van der Waals surface area contributed by atoms with Gasteiger partial charge in [0.15, 0.2) is 0 Å². The summed E-state index contributed by atoms with van der Waals surface area (Å²) in [6.45, 7) is 1.61. The Bertz CT molecular complexity index is 625. The van der Waals surface area contributed by atoms with Crippen LogP contribution >= 0.6 is 11.8 Å². The van der Waals surface area contributed by atoms with Crippen molar-refractivity contribution in [1.29, 1.82) is 0 Å². The van der Waals surface area contributed by atoms with E-state index >= 15 is 0 Å². The normalized spacial score (nSPS) is 10.3. The lowest BCUT2D eigenvalue weighted by Gasteiger charge is -2.07. The van der Waals surface area contributed by atoms with Gasteiger partial charge in [0.1, 0.15) is 16.5 Å². The van der Waals surface area contributed by atoms with E-state index in [0.717, 1.165) is 16.7 Å². The zero-order chi connectivity index (χ0) is 13.1. The lowest BCUT2D eigenvalue weighted by molar-refractivity contribution is 0.404. The SMILES string of the molecule is COc1ccccc1Sc1c(O)nc(C)[nH]c1=O. The van der Waals surface area contributed by atoms with E-state index in [1.807, 2.05) is 18.2 Å². The van der Waals surface area contributed by atoms with E-state index in [2.05, 4.69) is 9.97 Å². The third-order valence-corrected chi connectivity index (χ3v) is 3.39. The summed E-state index contributed by atoms with van der Waals surface area (Å²) < 4.78 is 5.19. The largest absolute Gasteiger partial charge is 0.496 e. The fraction of sp³-hybridized carbons (Fsp3) is 0.167. The lowest BCUT2D eigenvalue weighted by Crippen LogP contribution is -2.11. The standard InChI is InChI=1S/C12H12N2O3S/c1-7-13-11(15)10(12(16)14-7)18-9-6-4-3-5-8(9)17-2/h3-6H,1-2H3,(H2,13,14,15,16). The van der Waals surface area contributed by atoms with E-state index in [1.54, 1.807) is 20.1 Å². The van der Waals surface area contributed by atoms with Crippen LogP contribution in [0.4, 0.5) is 0 Å². The molecule has 0 bridgehead atoms. The summed E-state index contributed by atoms with van der Waals surface area (Å²) in [5.74, 6) is 0.746. The average molecular weight is 264 g/mol. The predicted octanol–water partition coefficient (Wildman–Crippen LogP) is 1.94. The van der Waals surface area contributed by atoms with Gasteiger partial charge in [-0.3, -0.25) is 4.79 Å². The zero-order valence-electron chi connectivity index (χ0n) is 9.93. The van der Waals surface area contributed by atoms with Gasteiger partial charge < -0.3 is 14.8 Å². The third-order valence-electron chi connectivity index (χ3n) is 2.26. The van der Waals surface area contributed by atoms with Gasteiger partial charge in [-0.05, 0) is 19.1 Å². The summed E-state index contributed by atoms with van der Waals surface area (Å²) >= 11 is 1.12.